The smallest absolute Gasteiger partial charge is 0.239 e. The lowest BCUT2D eigenvalue weighted by atomic mass is 10.4. The van der Waals surface area contributed by atoms with Crippen LogP contribution in [0.25, 0.3) is 0 Å². The molecule has 0 aromatic carbocycles. The molecular weight excluding hydrogens is 224 g/mol. The molecule has 0 rings (SSSR count). The summed E-state index contributed by atoms with van der Waals surface area (Å²) in [7, 11) is 1.63. The van der Waals surface area contributed by atoms with E-state index in [1.807, 2.05) is 13.8 Å². The van der Waals surface area contributed by atoms with Crippen LogP contribution in [0.3, 0.4) is 0 Å². The maximum Gasteiger partial charge on any atom is 0.239 e. The van der Waals surface area contributed by atoms with Gasteiger partial charge in [0.15, 0.2) is 0 Å². The summed E-state index contributed by atoms with van der Waals surface area (Å²) in [6.07, 6.45) is 0. The summed E-state index contributed by atoms with van der Waals surface area (Å²) in [5.41, 5.74) is 0. The number of carbonyl (C=O) groups excluding carboxylic acids is 3. The first-order valence-corrected chi connectivity index (χ1v) is 5.43. The van der Waals surface area contributed by atoms with Crippen molar-refractivity contribution in [2.45, 2.75) is 19.9 Å². The second kappa shape index (κ2) is 8.51. The molecule has 3 amide bonds. The zero-order chi connectivity index (χ0) is 13.3. The largest absolute Gasteiger partial charge is 0.352 e. The van der Waals surface area contributed by atoms with E-state index in [4.69, 9.17) is 0 Å². The number of hydrogen-bond donors (Lipinski definition) is 4. The summed E-state index contributed by atoms with van der Waals surface area (Å²) in [5.74, 6) is -0.919. The number of nitrogens with one attached hydrogen (secondary N) is 4. The van der Waals surface area contributed by atoms with Gasteiger partial charge in [0.05, 0.1) is 19.6 Å². The van der Waals surface area contributed by atoms with E-state index >= 15 is 0 Å². The van der Waals surface area contributed by atoms with Gasteiger partial charge in [-0.15, -0.1) is 0 Å². The minimum absolute atomic E-state index is 0.0368. The number of rotatable bonds is 7. The van der Waals surface area contributed by atoms with Crippen molar-refractivity contribution in [3.8, 4) is 0 Å². The summed E-state index contributed by atoms with van der Waals surface area (Å²) >= 11 is 0. The molecule has 0 fully saturated rings. The van der Waals surface area contributed by atoms with Crippen LogP contribution in [0.2, 0.25) is 0 Å². The fraction of sp³-hybridized carbons (Fsp3) is 0.700. The van der Waals surface area contributed by atoms with Crippen molar-refractivity contribution >= 4 is 17.7 Å². The van der Waals surface area contributed by atoms with Crippen LogP contribution < -0.4 is 21.3 Å². The zero-order valence-electron chi connectivity index (χ0n) is 10.4. The maximum atomic E-state index is 11.2. The van der Waals surface area contributed by atoms with Crippen LogP contribution in [0.15, 0.2) is 0 Å². The number of carbonyl (C=O) groups is 3. The van der Waals surface area contributed by atoms with Crippen LogP contribution in [0.4, 0.5) is 0 Å². The molecule has 0 saturated carbocycles. The van der Waals surface area contributed by atoms with Gasteiger partial charge in [0.1, 0.15) is 0 Å². The first-order valence-electron chi connectivity index (χ1n) is 5.43. The highest BCUT2D eigenvalue weighted by Gasteiger charge is 2.07. The van der Waals surface area contributed by atoms with Crippen molar-refractivity contribution in [3.05, 3.63) is 0 Å². The average Bonchev–Trinajstić information content (AvgIpc) is 2.23. The molecule has 0 aliphatic heterocycles. The second-order valence-corrected chi connectivity index (χ2v) is 3.81. The van der Waals surface area contributed by atoms with Crippen LogP contribution in [0, 0.1) is 0 Å². The van der Waals surface area contributed by atoms with Crippen LogP contribution in [-0.4, -0.2) is 50.4 Å². The quantitative estimate of drug-likeness (QED) is 0.415. The fourth-order valence-electron chi connectivity index (χ4n) is 1.02. The Morgan fingerprint density at radius 2 is 1.35 bits per heavy atom. The second-order valence-electron chi connectivity index (χ2n) is 3.81. The Hall–Kier alpha value is -1.63. The summed E-state index contributed by atoms with van der Waals surface area (Å²) in [4.78, 5) is 33.4. The van der Waals surface area contributed by atoms with Gasteiger partial charge >= 0.3 is 0 Å². The SMILES string of the molecule is CNCC(=O)NCC(=O)NCC(=O)NC(C)C. The third-order valence-corrected chi connectivity index (χ3v) is 1.68. The lowest BCUT2D eigenvalue weighted by Gasteiger charge is -2.09. The third-order valence-electron chi connectivity index (χ3n) is 1.68. The molecule has 0 aromatic heterocycles. The Bertz CT molecular complexity index is 279. The zero-order valence-corrected chi connectivity index (χ0v) is 10.4. The van der Waals surface area contributed by atoms with Crippen molar-refractivity contribution in [1.82, 2.24) is 21.3 Å². The minimum atomic E-state index is -0.395. The van der Waals surface area contributed by atoms with Gasteiger partial charge in [0.2, 0.25) is 17.7 Å². The first-order chi connectivity index (χ1) is 7.95. The molecule has 0 heterocycles. The standard InChI is InChI=1S/C10H20N4O3/c1-7(2)14-10(17)6-13-9(16)5-12-8(15)4-11-3/h7,11H,4-6H2,1-3H3,(H,12,15)(H,13,16)(H,14,17). The molecule has 0 unspecified atom stereocenters. The van der Waals surface area contributed by atoms with Crippen molar-refractivity contribution in [1.29, 1.82) is 0 Å². The number of amides is 3. The van der Waals surface area contributed by atoms with Gasteiger partial charge in [-0.2, -0.15) is 0 Å². The lowest BCUT2D eigenvalue weighted by molar-refractivity contribution is -0.127. The normalized spacial score (nSPS) is 9.88. The van der Waals surface area contributed by atoms with E-state index in [1.165, 1.54) is 0 Å². The van der Waals surface area contributed by atoms with E-state index in [-0.39, 0.29) is 37.5 Å². The van der Waals surface area contributed by atoms with Gasteiger partial charge < -0.3 is 21.3 Å². The Balaban J connectivity index is 3.66. The molecule has 0 spiro atoms. The predicted molar refractivity (Wildman–Crippen MR) is 63.2 cm³/mol. The fourth-order valence-corrected chi connectivity index (χ4v) is 1.02. The third kappa shape index (κ3) is 9.31. The van der Waals surface area contributed by atoms with Crippen molar-refractivity contribution in [2.24, 2.45) is 0 Å². The molecule has 7 heteroatoms. The highest BCUT2D eigenvalue weighted by molar-refractivity contribution is 5.88. The van der Waals surface area contributed by atoms with E-state index in [1.54, 1.807) is 7.05 Å². The average molecular weight is 244 g/mol. The van der Waals surface area contributed by atoms with E-state index in [2.05, 4.69) is 21.3 Å². The Kier molecular flexibility index (Phi) is 7.70. The summed E-state index contributed by atoms with van der Waals surface area (Å²) < 4.78 is 0. The van der Waals surface area contributed by atoms with E-state index in [9.17, 15) is 14.4 Å². The molecule has 0 saturated heterocycles. The van der Waals surface area contributed by atoms with E-state index < -0.39 is 5.91 Å². The molecule has 17 heavy (non-hydrogen) atoms. The molecule has 0 aliphatic carbocycles. The van der Waals surface area contributed by atoms with E-state index in [0.29, 0.717) is 0 Å². The number of likely N-dealkylation sites (N-methyl/N-ethyl adjacent to an activating group) is 1. The first kappa shape index (κ1) is 15.4. The molecule has 0 atom stereocenters. The van der Waals surface area contributed by atoms with Gasteiger partial charge in [-0.1, -0.05) is 0 Å². The molecule has 4 N–H and O–H groups in total. The van der Waals surface area contributed by atoms with Crippen molar-refractivity contribution in [3.63, 3.8) is 0 Å². The molecule has 98 valence electrons. The molecule has 0 aromatic rings. The maximum absolute atomic E-state index is 11.2. The predicted octanol–water partition coefficient (Wildman–Crippen LogP) is -2.04. The van der Waals surface area contributed by atoms with Gasteiger partial charge in [0.25, 0.3) is 0 Å². The summed E-state index contributed by atoms with van der Waals surface area (Å²) in [6, 6.07) is 0.0368. The molecule has 0 aliphatic rings. The Labute approximate surface area is 101 Å². The lowest BCUT2D eigenvalue weighted by Crippen LogP contribution is -2.44. The van der Waals surface area contributed by atoms with Gasteiger partial charge in [-0.25, -0.2) is 0 Å². The van der Waals surface area contributed by atoms with Gasteiger partial charge in [-0.3, -0.25) is 14.4 Å². The van der Waals surface area contributed by atoms with Crippen LogP contribution >= 0.6 is 0 Å². The highest BCUT2D eigenvalue weighted by atomic mass is 16.2. The monoisotopic (exact) mass is 244 g/mol. The Morgan fingerprint density at radius 1 is 0.882 bits per heavy atom. The summed E-state index contributed by atoms with van der Waals surface area (Å²) in [6.45, 7) is 3.60. The van der Waals surface area contributed by atoms with Crippen molar-refractivity contribution in [2.75, 3.05) is 26.7 Å². The Morgan fingerprint density at radius 3 is 1.82 bits per heavy atom. The molecule has 7 nitrogen and oxygen atoms in total. The molecular formula is C10H20N4O3. The van der Waals surface area contributed by atoms with E-state index in [0.717, 1.165) is 0 Å². The van der Waals surface area contributed by atoms with Gasteiger partial charge in [0, 0.05) is 6.04 Å². The van der Waals surface area contributed by atoms with Crippen molar-refractivity contribution < 1.29 is 14.4 Å². The van der Waals surface area contributed by atoms with Crippen LogP contribution in [0.5, 0.6) is 0 Å². The van der Waals surface area contributed by atoms with Crippen LogP contribution in [0.1, 0.15) is 13.8 Å². The van der Waals surface area contributed by atoms with Gasteiger partial charge in [-0.05, 0) is 20.9 Å². The molecule has 0 bridgehead atoms. The minimum Gasteiger partial charge on any atom is -0.352 e. The molecule has 0 radical (unpaired) electrons. The summed E-state index contributed by atoms with van der Waals surface area (Å²) in [5, 5.41) is 10.1. The topological polar surface area (TPSA) is 99.3 Å². The van der Waals surface area contributed by atoms with Crippen LogP contribution in [-0.2, 0) is 14.4 Å². The highest BCUT2D eigenvalue weighted by Crippen LogP contribution is 1.76. The number of hydrogen-bond acceptors (Lipinski definition) is 4.